The summed E-state index contributed by atoms with van der Waals surface area (Å²) in [5, 5.41) is 0. The van der Waals surface area contributed by atoms with Crippen molar-refractivity contribution in [3.63, 3.8) is 0 Å². The van der Waals surface area contributed by atoms with Crippen molar-refractivity contribution in [2.45, 2.75) is 347 Å². The summed E-state index contributed by atoms with van der Waals surface area (Å²) in [4.78, 5) is 16.7. The van der Waals surface area contributed by atoms with Crippen molar-refractivity contribution in [3.05, 3.63) is 12.3 Å². The number of piperidine rings is 3. The van der Waals surface area contributed by atoms with Crippen molar-refractivity contribution >= 4 is 11.7 Å². The van der Waals surface area contributed by atoms with E-state index in [0.717, 1.165) is 5.92 Å². The van der Waals surface area contributed by atoms with Crippen LogP contribution >= 0.6 is 0 Å². The van der Waals surface area contributed by atoms with Gasteiger partial charge in [0, 0.05) is 68.4 Å². The molecule has 410 valence electrons. The number of rotatable bonds is 5. The molecule has 0 radical (unpaired) electrons. The van der Waals surface area contributed by atoms with Gasteiger partial charge in [-0.25, -0.2) is 0 Å². The van der Waals surface area contributed by atoms with Crippen molar-refractivity contribution < 1.29 is 0 Å². The molecule has 5 nitrogen and oxygen atoms in total. The number of aliphatic imine (C=N–C) groups is 2. The Morgan fingerprint density at radius 3 is 0.672 bits per heavy atom. The molecule has 0 saturated carbocycles. The molecule has 0 aromatic carbocycles. The number of hydrogen-bond donors (Lipinski definition) is 0. The molecular formula is C59H149N5. The molecule has 3 aliphatic heterocycles. The standard InChI is InChI=1S/2C11H22N2.C9H17N.C4H10.9C2H6.6CH4/c2*1-9(2)12-11-7-5-6-8-13(11)10(3)4;1-8(2)10-7-5-4-6-9(10)3;1-4(2)3;9*1-2;;;;;;/h2*9-10H,5-8H2,1-4H3;8H,3-7H2,1-2H3;4H,1-3H3;9*1-2H3;6*1H4. The Labute approximate surface area is 419 Å². The second kappa shape index (κ2) is 95.7. The van der Waals surface area contributed by atoms with Crippen LogP contribution in [0, 0.1) is 5.92 Å². The average molecular weight is 929 g/mol. The molecule has 0 bridgehead atoms. The second-order valence-electron chi connectivity index (χ2n) is 13.8. The zero-order valence-corrected chi connectivity index (χ0v) is 47.4. The van der Waals surface area contributed by atoms with Gasteiger partial charge in [0.05, 0.1) is 11.7 Å². The molecule has 0 spiro atoms. The molecule has 0 unspecified atom stereocenters. The van der Waals surface area contributed by atoms with Crippen LogP contribution < -0.4 is 0 Å². The number of nitrogens with zero attached hydrogens (tertiary/aromatic N) is 5. The summed E-state index contributed by atoms with van der Waals surface area (Å²) in [5.41, 5.74) is 1.33. The summed E-state index contributed by atoms with van der Waals surface area (Å²) in [5.74, 6) is 3.49. The van der Waals surface area contributed by atoms with Crippen LogP contribution in [0.15, 0.2) is 22.3 Å². The zero-order chi connectivity index (χ0) is 48.8. The van der Waals surface area contributed by atoms with Crippen molar-refractivity contribution in [1.29, 1.82) is 0 Å². The van der Waals surface area contributed by atoms with Crippen LogP contribution in [0.25, 0.3) is 0 Å². The van der Waals surface area contributed by atoms with E-state index in [1.807, 2.05) is 125 Å². The van der Waals surface area contributed by atoms with Crippen LogP contribution in [0.5, 0.6) is 0 Å². The van der Waals surface area contributed by atoms with Gasteiger partial charge in [-0.15, -0.1) is 0 Å². The molecular weight excluding hydrogens is 779 g/mol. The first-order valence-electron chi connectivity index (χ1n) is 25.8. The molecule has 0 N–H and O–H groups in total. The van der Waals surface area contributed by atoms with Crippen LogP contribution in [0.2, 0.25) is 0 Å². The van der Waals surface area contributed by atoms with Gasteiger partial charge in [-0.05, 0) is 120 Å². The van der Waals surface area contributed by atoms with E-state index in [4.69, 9.17) is 0 Å². The van der Waals surface area contributed by atoms with E-state index < -0.39 is 0 Å². The lowest BCUT2D eigenvalue weighted by molar-refractivity contribution is 0.242. The van der Waals surface area contributed by atoms with E-state index in [-0.39, 0.29) is 44.6 Å². The van der Waals surface area contributed by atoms with Crippen molar-refractivity contribution in [3.8, 4) is 0 Å². The van der Waals surface area contributed by atoms with Gasteiger partial charge in [0.1, 0.15) is 0 Å². The van der Waals surface area contributed by atoms with Crippen LogP contribution in [0.4, 0.5) is 0 Å². The average Bonchev–Trinajstić information content (AvgIpc) is 3.25. The molecule has 5 heteroatoms. The Morgan fingerprint density at radius 1 is 0.328 bits per heavy atom. The largest absolute Gasteiger partial charge is 0.373 e. The smallest absolute Gasteiger partial charge is 0.0994 e. The van der Waals surface area contributed by atoms with Crippen LogP contribution in [0.3, 0.4) is 0 Å². The third kappa shape index (κ3) is 80.7. The molecule has 3 rings (SSSR count). The summed E-state index contributed by atoms with van der Waals surface area (Å²) < 4.78 is 0. The van der Waals surface area contributed by atoms with E-state index >= 15 is 0 Å². The quantitative estimate of drug-likeness (QED) is 0.276. The van der Waals surface area contributed by atoms with Gasteiger partial charge in [-0.1, -0.05) is 197 Å². The Hall–Kier alpha value is -1.52. The summed E-state index contributed by atoms with van der Waals surface area (Å²) in [6.07, 6.45) is 11.5. The van der Waals surface area contributed by atoms with E-state index in [2.05, 4.69) is 121 Å². The van der Waals surface area contributed by atoms with Gasteiger partial charge < -0.3 is 14.7 Å². The molecule has 0 aliphatic carbocycles. The highest BCUT2D eigenvalue weighted by atomic mass is 15.2. The highest BCUT2D eigenvalue weighted by molar-refractivity contribution is 5.83. The fourth-order valence-corrected chi connectivity index (χ4v) is 5.20. The molecule has 0 amide bonds. The van der Waals surface area contributed by atoms with Gasteiger partial charge in [-0.2, -0.15) is 0 Å². The van der Waals surface area contributed by atoms with Gasteiger partial charge in [-0.3, -0.25) is 9.98 Å². The maximum atomic E-state index is 4.68. The maximum Gasteiger partial charge on any atom is 0.0994 e. The minimum Gasteiger partial charge on any atom is -0.373 e. The lowest BCUT2D eigenvalue weighted by Crippen LogP contribution is -2.40. The number of hydrogen-bond acceptors (Lipinski definition) is 3. The summed E-state index contributed by atoms with van der Waals surface area (Å²) in [6, 6.07) is 2.74. The van der Waals surface area contributed by atoms with E-state index in [9.17, 15) is 0 Å². The molecule has 0 aromatic heterocycles. The molecule has 3 saturated heterocycles. The Bertz CT molecular complexity index is 676. The third-order valence-corrected chi connectivity index (χ3v) is 6.97. The van der Waals surface area contributed by atoms with E-state index in [0.29, 0.717) is 30.2 Å². The lowest BCUT2D eigenvalue weighted by Gasteiger charge is -2.34. The molecule has 3 fully saturated rings. The van der Waals surface area contributed by atoms with Gasteiger partial charge in [0.2, 0.25) is 0 Å². The fourth-order valence-electron chi connectivity index (χ4n) is 5.20. The minimum absolute atomic E-state index is 0. The number of amidine groups is 2. The number of allylic oxidation sites excluding steroid dienone is 1. The zero-order valence-electron chi connectivity index (χ0n) is 47.4. The first kappa shape index (κ1) is 109. The summed E-state index contributed by atoms with van der Waals surface area (Å²) in [6.45, 7) is 72.2. The monoisotopic (exact) mass is 928 g/mol. The van der Waals surface area contributed by atoms with Crippen LogP contribution in [-0.2, 0) is 0 Å². The number of likely N-dealkylation sites (tertiary alicyclic amines) is 3. The van der Waals surface area contributed by atoms with Gasteiger partial charge in [0.25, 0.3) is 0 Å². The first-order valence-corrected chi connectivity index (χ1v) is 25.8. The van der Waals surface area contributed by atoms with Crippen LogP contribution in [-0.4, -0.2) is 76.2 Å². The van der Waals surface area contributed by atoms with Crippen molar-refractivity contribution in [2.24, 2.45) is 15.9 Å². The second-order valence-corrected chi connectivity index (χ2v) is 13.8. The Balaban J connectivity index is -0.0000000305. The SMILES string of the molecule is C.C.C.C.C.C.C=C1CCCCN1C(C)C.CC.CC.CC.CC.CC.CC.CC.CC.CC.CC(C)C.CC(C)N=C1CCCCN1C(C)C.CC(C)N=C1CCCCN1C(C)C. The molecule has 0 aromatic rings. The topological polar surface area (TPSA) is 34.4 Å². The van der Waals surface area contributed by atoms with Gasteiger partial charge >= 0.3 is 0 Å². The Morgan fingerprint density at radius 2 is 0.516 bits per heavy atom. The third-order valence-electron chi connectivity index (χ3n) is 6.97. The van der Waals surface area contributed by atoms with Crippen molar-refractivity contribution in [1.82, 2.24) is 14.7 Å². The molecule has 3 aliphatic rings. The molecule has 3 heterocycles. The predicted molar refractivity (Wildman–Crippen MR) is 324 cm³/mol. The normalized spacial score (nSPS) is 13.5. The van der Waals surface area contributed by atoms with E-state index in [1.165, 1.54) is 94.8 Å². The lowest BCUT2D eigenvalue weighted by atomic mass is 10.1. The predicted octanol–water partition coefficient (Wildman–Crippen LogP) is 22.5. The minimum atomic E-state index is 0. The molecule has 64 heavy (non-hydrogen) atoms. The van der Waals surface area contributed by atoms with Crippen LogP contribution in [0.1, 0.15) is 317 Å². The summed E-state index contributed by atoms with van der Waals surface area (Å²) >= 11 is 0. The highest BCUT2D eigenvalue weighted by Gasteiger charge is 2.20. The molecule has 0 atom stereocenters. The highest BCUT2D eigenvalue weighted by Crippen LogP contribution is 2.20. The summed E-state index contributed by atoms with van der Waals surface area (Å²) in [7, 11) is 0. The van der Waals surface area contributed by atoms with E-state index in [1.54, 1.807) is 0 Å². The van der Waals surface area contributed by atoms with Gasteiger partial charge in [0.15, 0.2) is 0 Å². The Kier molecular flexibility index (Phi) is 163. The first-order chi connectivity index (χ1) is 27.7. The van der Waals surface area contributed by atoms with Crippen molar-refractivity contribution in [2.75, 3.05) is 19.6 Å². The fraction of sp³-hybridized carbons (Fsp3) is 0.932. The maximum absolute atomic E-state index is 4.68.